The van der Waals surface area contributed by atoms with Gasteiger partial charge < -0.3 is 20.5 Å². The summed E-state index contributed by atoms with van der Waals surface area (Å²) in [5, 5.41) is 4.02. The van der Waals surface area contributed by atoms with Crippen LogP contribution in [-0.4, -0.2) is 40.4 Å². The third-order valence-electron chi connectivity index (χ3n) is 5.30. The molecule has 3 N–H and O–H groups in total. The number of hydrogen-bond acceptors (Lipinski definition) is 3. The number of aromatic nitrogens is 1. The summed E-state index contributed by atoms with van der Waals surface area (Å²) < 4.78 is 1.96. The van der Waals surface area contributed by atoms with Gasteiger partial charge in [-0.3, -0.25) is 9.59 Å². The van der Waals surface area contributed by atoms with Crippen molar-refractivity contribution in [2.24, 2.45) is 11.7 Å². The second-order valence-corrected chi connectivity index (χ2v) is 7.04. The van der Waals surface area contributed by atoms with Crippen molar-refractivity contribution in [3.8, 4) is 0 Å². The Kier molecular flexibility index (Phi) is 5.61. The minimum atomic E-state index is 0.0111. The van der Waals surface area contributed by atoms with Crippen molar-refractivity contribution in [1.29, 1.82) is 0 Å². The van der Waals surface area contributed by atoms with Crippen LogP contribution in [0.5, 0.6) is 0 Å². The summed E-state index contributed by atoms with van der Waals surface area (Å²) in [7, 11) is 0. The molecule has 0 aliphatic heterocycles. The number of nitrogens with one attached hydrogen (secondary N) is 1. The highest BCUT2D eigenvalue weighted by Gasteiger charge is 2.27. The molecule has 0 spiro atoms. The number of nitrogens with two attached hydrogens (primary N) is 1. The van der Waals surface area contributed by atoms with Crippen LogP contribution in [0.25, 0.3) is 10.9 Å². The van der Waals surface area contributed by atoms with E-state index in [1.165, 1.54) is 0 Å². The van der Waals surface area contributed by atoms with E-state index < -0.39 is 0 Å². The predicted octanol–water partition coefficient (Wildman–Crippen LogP) is 2.58. The van der Waals surface area contributed by atoms with Crippen LogP contribution in [0.4, 0.5) is 5.69 Å². The lowest BCUT2D eigenvalue weighted by molar-refractivity contribution is -0.131. The number of carbonyl (C=O) groups excluding carboxylic acids is 2. The normalized spacial score (nSPS) is 19.7. The fourth-order valence-electron chi connectivity index (χ4n) is 3.74. The summed E-state index contributed by atoms with van der Waals surface area (Å²) in [6.07, 6.45) is 4.46. The van der Waals surface area contributed by atoms with Gasteiger partial charge in [0.05, 0.1) is 0 Å². The average Bonchev–Trinajstić information content (AvgIpc) is 3.22. The predicted molar refractivity (Wildman–Crippen MR) is 104 cm³/mol. The number of rotatable bonds is 6. The first-order valence-corrected chi connectivity index (χ1v) is 9.45. The highest BCUT2D eigenvalue weighted by Crippen LogP contribution is 2.26. The Bertz CT molecular complexity index is 794. The molecule has 140 valence electrons. The lowest BCUT2D eigenvalue weighted by Gasteiger charge is -2.19. The Labute approximate surface area is 154 Å². The molecule has 2 aromatic rings. The van der Waals surface area contributed by atoms with Crippen molar-refractivity contribution in [3.63, 3.8) is 0 Å². The minimum Gasteiger partial charge on any atom is -0.342 e. The van der Waals surface area contributed by atoms with Gasteiger partial charge in [0.2, 0.25) is 11.8 Å². The molecule has 1 fully saturated rings. The molecule has 1 aliphatic carbocycles. The number of benzene rings is 1. The van der Waals surface area contributed by atoms with Crippen molar-refractivity contribution in [1.82, 2.24) is 9.47 Å². The smallest absolute Gasteiger partial charge is 0.242 e. The van der Waals surface area contributed by atoms with Crippen LogP contribution in [0.3, 0.4) is 0 Å². The lowest BCUT2D eigenvalue weighted by atomic mass is 10.1. The van der Waals surface area contributed by atoms with Gasteiger partial charge in [0.15, 0.2) is 0 Å². The molecule has 6 nitrogen and oxygen atoms in total. The number of carbonyl (C=O) groups is 2. The highest BCUT2D eigenvalue weighted by molar-refractivity contribution is 5.95. The van der Waals surface area contributed by atoms with E-state index in [1.807, 2.05) is 53.8 Å². The summed E-state index contributed by atoms with van der Waals surface area (Å²) in [5.41, 5.74) is 7.68. The summed E-state index contributed by atoms with van der Waals surface area (Å²) >= 11 is 0. The van der Waals surface area contributed by atoms with Crippen molar-refractivity contribution in [3.05, 3.63) is 30.5 Å². The van der Waals surface area contributed by atoms with Crippen molar-refractivity contribution in [2.75, 3.05) is 18.4 Å². The van der Waals surface area contributed by atoms with Crippen LogP contribution in [0, 0.1) is 5.92 Å². The van der Waals surface area contributed by atoms with Crippen LogP contribution in [0.2, 0.25) is 0 Å². The van der Waals surface area contributed by atoms with E-state index in [-0.39, 0.29) is 23.8 Å². The third-order valence-corrected chi connectivity index (χ3v) is 5.30. The number of hydrogen-bond donors (Lipinski definition) is 2. The van der Waals surface area contributed by atoms with Crippen LogP contribution in [-0.2, 0) is 16.1 Å². The number of amides is 2. The number of nitrogens with zero attached hydrogens (tertiary/aromatic N) is 2. The molecule has 0 saturated heterocycles. The zero-order chi connectivity index (χ0) is 18.7. The Morgan fingerprint density at radius 2 is 2.00 bits per heavy atom. The van der Waals surface area contributed by atoms with Gasteiger partial charge >= 0.3 is 0 Å². The monoisotopic (exact) mass is 356 g/mol. The van der Waals surface area contributed by atoms with Gasteiger partial charge in [-0.1, -0.05) is 0 Å². The van der Waals surface area contributed by atoms with Gasteiger partial charge in [0.25, 0.3) is 0 Å². The first kappa shape index (κ1) is 18.5. The highest BCUT2D eigenvalue weighted by atomic mass is 16.2. The van der Waals surface area contributed by atoms with E-state index in [0.717, 1.165) is 48.9 Å². The van der Waals surface area contributed by atoms with Gasteiger partial charge in [-0.05, 0) is 57.4 Å². The molecular formula is C20H28N4O2. The summed E-state index contributed by atoms with van der Waals surface area (Å²) in [5.74, 6) is 0.174. The molecule has 1 saturated carbocycles. The van der Waals surface area contributed by atoms with Gasteiger partial charge in [0, 0.05) is 47.8 Å². The molecule has 2 atom stereocenters. The lowest BCUT2D eigenvalue weighted by Crippen LogP contribution is -2.33. The van der Waals surface area contributed by atoms with Crippen LogP contribution in [0.15, 0.2) is 30.5 Å². The first-order valence-electron chi connectivity index (χ1n) is 9.45. The fourth-order valence-corrected chi connectivity index (χ4v) is 3.74. The van der Waals surface area contributed by atoms with E-state index in [9.17, 15) is 9.59 Å². The van der Waals surface area contributed by atoms with E-state index >= 15 is 0 Å². The van der Waals surface area contributed by atoms with Crippen molar-refractivity contribution in [2.45, 2.75) is 45.7 Å². The van der Waals surface area contributed by atoms with E-state index in [1.54, 1.807) is 0 Å². The molecule has 2 amide bonds. The SMILES string of the molecule is CCN(CC)C(=O)Cn1ccc2cc(NC(=O)C3CCC(N)C3)ccc21. The average molecular weight is 356 g/mol. The fraction of sp³-hybridized carbons (Fsp3) is 0.500. The molecule has 1 aromatic carbocycles. The molecule has 0 bridgehead atoms. The zero-order valence-electron chi connectivity index (χ0n) is 15.6. The molecule has 2 unspecified atom stereocenters. The quantitative estimate of drug-likeness (QED) is 0.835. The van der Waals surface area contributed by atoms with E-state index in [2.05, 4.69) is 5.32 Å². The Morgan fingerprint density at radius 1 is 1.23 bits per heavy atom. The number of likely N-dealkylation sites (N-methyl/N-ethyl adjacent to an activating group) is 1. The van der Waals surface area contributed by atoms with E-state index in [0.29, 0.717) is 6.54 Å². The summed E-state index contributed by atoms with van der Waals surface area (Å²) in [6.45, 7) is 5.74. The second kappa shape index (κ2) is 7.91. The van der Waals surface area contributed by atoms with Gasteiger partial charge in [-0.25, -0.2) is 0 Å². The maximum Gasteiger partial charge on any atom is 0.242 e. The molecule has 1 aliphatic rings. The molecule has 26 heavy (non-hydrogen) atoms. The maximum atomic E-state index is 12.4. The topological polar surface area (TPSA) is 80.4 Å². The number of anilines is 1. The van der Waals surface area contributed by atoms with Gasteiger partial charge in [0.1, 0.15) is 6.54 Å². The standard InChI is InChI=1S/C20H28N4O2/c1-3-23(4-2)19(25)13-24-10-9-14-12-17(7-8-18(14)24)22-20(26)15-5-6-16(21)11-15/h7-10,12,15-16H,3-6,11,13,21H2,1-2H3,(H,22,26). The molecule has 1 aromatic heterocycles. The number of fused-ring (bicyclic) bond motifs is 1. The Morgan fingerprint density at radius 3 is 2.65 bits per heavy atom. The summed E-state index contributed by atoms with van der Waals surface area (Å²) in [4.78, 5) is 26.5. The van der Waals surface area contributed by atoms with Crippen molar-refractivity contribution >= 4 is 28.4 Å². The first-order chi connectivity index (χ1) is 12.5. The zero-order valence-corrected chi connectivity index (χ0v) is 15.6. The van der Waals surface area contributed by atoms with Crippen LogP contribution in [0.1, 0.15) is 33.1 Å². The third kappa shape index (κ3) is 3.90. The summed E-state index contributed by atoms with van der Waals surface area (Å²) in [6, 6.07) is 7.94. The molecule has 1 heterocycles. The van der Waals surface area contributed by atoms with Gasteiger partial charge in [-0.2, -0.15) is 0 Å². The largest absolute Gasteiger partial charge is 0.342 e. The van der Waals surface area contributed by atoms with Crippen LogP contribution < -0.4 is 11.1 Å². The molecule has 0 radical (unpaired) electrons. The molecular weight excluding hydrogens is 328 g/mol. The Balaban J connectivity index is 1.70. The van der Waals surface area contributed by atoms with Crippen LogP contribution >= 0.6 is 0 Å². The molecule has 3 rings (SSSR count). The second-order valence-electron chi connectivity index (χ2n) is 7.04. The minimum absolute atomic E-state index is 0.0111. The maximum absolute atomic E-state index is 12.4. The Hall–Kier alpha value is -2.34. The molecule has 6 heteroatoms. The van der Waals surface area contributed by atoms with Gasteiger partial charge in [-0.15, -0.1) is 0 Å². The van der Waals surface area contributed by atoms with E-state index in [4.69, 9.17) is 5.73 Å². The van der Waals surface area contributed by atoms with Crippen molar-refractivity contribution < 1.29 is 9.59 Å².